The third kappa shape index (κ3) is 4.84. The molecule has 3 amide bonds. The van der Waals surface area contributed by atoms with Crippen LogP contribution in [0.1, 0.15) is 22.3 Å². The van der Waals surface area contributed by atoms with E-state index in [2.05, 4.69) is 14.8 Å². The number of hydrogen-bond donors (Lipinski definition) is 1. The Morgan fingerprint density at radius 3 is 2.39 bits per heavy atom. The topological polar surface area (TPSA) is 71.1 Å². The maximum atomic E-state index is 13.1. The van der Waals surface area contributed by atoms with Crippen LogP contribution in [0.15, 0.2) is 42.5 Å². The number of carbonyl (C=O) groups excluding carboxylic acids is 2. The van der Waals surface area contributed by atoms with E-state index >= 15 is 0 Å². The van der Waals surface area contributed by atoms with Crippen molar-refractivity contribution in [3.05, 3.63) is 59.4 Å². The number of rotatable bonds is 3. The Balaban J connectivity index is 1.30. The van der Waals surface area contributed by atoms with Crippen LogP contribution in [0.2, 0.25) is 0 Å². The summed E-state index contributed by atoms with van der Waals surface area (Å²) >= 11 is 0. The predicted octanol–water partition coefficient (Wildman–Crippen LogP) is 3.20. The summed E-state index contributed by atoms with van der Waals surface area (Å²) in [5, 5.41) is 2.75. The number of alkyl halides is 2. The van der Waals surface area contributed by atoms with Crippen molar-refractivity contribution in [1.29, 1.82) is 0 Å². The fourth-order valence-corrected chi connectivity index (χ4v) is 3.49. The molecule has 7 nitrogen and oxygen atoms in total. The number of ether oxygens (including phenoxy) is 2. The third-order valence-electron chi connectivity index (χ3n) is 5.07. The van der Waals surface area contributed by atoms with E-state index in [9.17, 15) is 22.8 Å². The summed E-state index contributed by atoms with van der Waals surface area (Å²) in [6.45, 7) is 1.76. The summed E-state index contributed by atoms with van der Waals surface area (Å²) in [7, 11) is 0. The van der Waals surface area contributed by atoms with E-state index in [4.69, 9.17) is 0 Å². The monoisotopic (exact) mass is 435 g/mol. The van der Waals surface area contributed by atoms with E-state index in [-0.39, 0.29) is 30.0 Å². The molecule has 0 spiro atoms. The molecule has 2 aliphatic heterocycles. The van der Waals surface area contributed by atoms with E-state index < -0.39 is 12.1 Å². The second kappa shape index (κ2) is 8.37. The number of halogens is 3. The summed E-state index contributed by atoms with van der Waals surface area (Å²) in [6.07, 6.45) is -3.09. The van der Waals surface area contributed by atoms with Crippen molar-refractivity contribution >= 4 is 11.9 Å². The minimum atomic E-state index is -3.69. The molecule has 2 heterocycles. The van der Waals surface area contributed by atoms with Gasteiger partial charge in [0.2, 0.25) is 0 Å². The summed E-state index contributed by atoms with van der Waals surface area (Å²) in [4.78, 5) is 28.4. The number of carbonyl (C=O) groups is 2. The van der Waals surface area contributed by atoms with Crippen molar-refractivity contribution in [2.75, 3.05) is 26.2 Å². The number of urea groups is 1. The first-order valence-corrected chi connectivity index (χ1v) is 9.77. The Labute approximate surface area is 176 Å². The molecule has 2 aromatic carbocycles. The Hall–Kier alpha value is -3.43. The van der Waals surface area contributed by atoms with Crippen LogP contribution in [0, 0.1) is 5.82 Å². The van der Waals surface area contributed by atoms with Gasteiger partial charge in [-0.05, 0) is 48.4 Å². The van der Waals surface area contributed by atoms with Crippen LogP contribution in [0.3, 0.4) is 0 Å². The van der Waals surface area contributed by atoms with Crippen molar-refractivity contribution in [2.45, 2.75) is 19.3 Å². The maximum Gasteiger partial charge on any atom is 0.586 e. The fourth-order valence-electron chi connectivity index (χ4n) is 3.49. The molecule has 0 bridgehead atoms. The van der Waals surface area contributed by atoms with Gasteiger partial charge in [0.15, 0.2) is 11.5 Å². The second-order valence-corrected chi connectivity index (χ2v) is 7.25. The first-order valence-electron chi connectivity index (χ1n) is 9.77. The quantitative estimate of drug-likeness (QED) is 0.804. The normalized spacial score (nSPS) is 17.3. The molecule has 1 saturated heterocycles. The molecule has 2 aliphatic rings. The lowest BCUT2D eigenvalue weighted by Gasteiger charge is -2.22. The fraction of sp³-hybridized carbons (Fsp3) is 0.333. The molecule has 31 heavy (non-hydrogen) atoms. The zero-order valence-electron chi connectivity index (χ0n) is 16.4. The van der Waals surface area contributed by atoms with Crippen molar-refractivity contribution < 1.29 is 32.2 Å². The lowest BCUT2D eigenvalue weighted by Crippen LogP contribution is -2.42. The highest BCUT2D eigenvalue weighted by Crippen LogP contribution is 2.41. The van der Waals surface area contributed by atoms with E-state index in [1.807, 2.05) is 0 Å². The van der Waals surface area contributed by atoms with Gasteiger partial charge in [-0.1, -0.05) is 6.07 Å². The van der Waals surface area contributed by atoms with Gasteiger partial charge >= 0.3 is 12.3 Å². The minimum absolute atomic E-state index is 0.0569. The molecule has 10 heteroatoms. The molecule has 1 fully saturated rings. The lowest BCUT2D eigenvalue weighted by molar-refractivity contribution is -0.286. The van der Waals surface area contributed by atoms with Gasteiger partial charge in [0.05, 0.1) is 0 Å². The van der Waals surface area contributed by atoms with Crippen LogP contribution in [0.5, 0.6) is 11.5 Å². The average molecular weight is 435 g/mol. The maximum absolute atomic E-state index is 13.1. The standard InChI is InChI=1S/C21H20F3N3O4/c22-16-5-3-15(4-6-16)19(28)26-8-1-9-27(11-10-26)20(29)25-13-14-2-7-17-18(12-14)31-21(23,24)30-17/h2-7,12H,1,8-11,13H2,(H,25,29). The van der Waals surface area contributed by atoms with Gasteiger partial charge in [-0.2, -0.15) is 0 Å². The number of amides is 3. The number of hydrogen-bond acceptors (Lipinski definition) is 4. The van der Waals surface area contributed by atoms with E-state index in [1.54, 1.807) is 15.9 Å². The molecule has 2 aromatic rings. The first kappa shape index (κ1) is 20.8. The molecule has 0 atom stereocenters. The van der Waals surface area contributed by atoms with Crippen LogP contribution in [0.25, 0.3) is 0 Å². The molecular weight excluding hydrogens is 415 g/mol. The first-order chi connectivity index (χ1) is 14.8. The Morgan fingerprint density at radius 1 is 0.935 bits per heavy atom. The Kier molecular flexibility index (Phi) is 5.62. The average Bonchev–Trinajstić information content (AvgIpc) is 2.90. The zero-order chi connectivity index (χ0) is 22.0. The molecule has 0 unspecified atom stereocenters. The van der Waals surface area contributed by atoms with Crippen molar-refractivity contribution in [3.8, 4) is 11.5 Å². The largest absolute Gasteiger partial charge is 0.586 e. The van der Waals surface area contributed by atoms with Gasteiger partial charge in [0, 0.05) is 38.3 Å². The highest BCUT2D eigenvalue weighted by atomic mass is 19.3. The smallest absolute Gasteiger partial charge is 0.395 e. The van der Waals surface area contributed by atoms with Gasteiger partial charge < -0.3 is 24.6 Å². The minimum Gasteiger partial charge on any atom is -0.395 e. The van der Waals surface area contributed by atoms with Gasteiger partial charge in [-0.25, -0.2) is 9.18 Å². The summed E-state index contributed by atoms with van der Waals surface area (Å²) < 4.78 is 48.1. The molecule has 0 saturated carbocycles. The van der Waals surface area contributed by atoms with Gasteiger partial charge in [0.25, 0.3) is 5.91 Å². The van der Waals surface area contributed by atoms with Crippen molar-refractivity contribution in [1.82, 2.24) is 15.1 Å². The van der Waals surface area contributed by atoms with Gasteiger partial charge in [-0.15, -0.1) is 8.78 Å². The van der Waals surface area contributed by atoms with E-state index in [0.717, 1.165) is 0 Å². The number of nitrogens with zero attached hydrogens (tertiary/aromatic N) is 2. The summed E-state index contributed by atoms with van der Waals surface area (Å²) in [5.74, 6) is -0.758. The molecule has 0 aliphatic carbocycles. The summed E-state index contributed by atoms with van der Waals surface area (Å²) in [5.41, 5.74) is 0.976. The van der Waals surface area contributed by atoms with E-state index in [1.165, 1.54) is 36.4 Å². The zero-order valence-corrected chi connectivity index (χ0v) is 16.4. The highest BCUT2D eigenvalue weighted by molar-refractivity contribution is 5.94. The van der Waals surface area contributed by atoms with Crippen molar-refractivity contribution in [2.24, 2.45) is 0 Å². The number of benzene rings is 2. The molecule has 0 aromatic heterocycles. The Morgan fingerprint density at radius 2 is 1.61 bits per heavy atom. The van der Waals surface area contributed by atoms with Gasteiger partial charge in [-0.3, -0.25) is 4.79 Å². The SMILES string of the molecule is O=C(NCc1ccc2c(c1)OC(F)(F)O2)N1CCCN(C(=O)c2ccc(F)cc2)CC1. The van der Waals surface area contributed by atoms with E-state index in [0.29, 0.717) is 43.7 Å². The molecule has 164 valence electrons. The molecule has 4 rings (SSSR count). The highest BCUT2D eigenvalue weighted by Gasteiger charge is 2.43. The molecular formula is C21H20F3N3O4. The van der Waals surface area contributed by atoms with Crippen LogP contribution in [-0.2, 0) is 6.54 Å². The molecule has 1 N–H and O–H groups in total. The third-order valence-corrected chi connectivity index (χ3v) is 5.07. The Bertz CT molecular complexity index is 984. The van der Waals surface area contributed by atoms with Crippen LogP contribution < -0.4 is 14.8 Å². The summed E-state index contributed by atoms with van der Waals surface area (Å²) in [6, 6.07) is 9.35. The number of fused-ring (bicyclic) bond motifs is 1. The molecule has 0 radical (unpaired) electrons. The lowest BCUT2D eigenvalue weighted by atomic mass is 10.2. The van der Waals surface area contributed by atoms with Crippen molar-refractivity contribution in [3.63, 3.8) is 0 Å². The van der Waals surface area contributed by atoms with Gasteiger partial charge in [0.1, 0.15) is 5.82 Å². The van der Waals surface area contributed by atoms with Crippen LogP contribution >= 0.6 is 0 Å². The number of nitrogens with one attached hydrogen (secondary N) is 1. The van der Waals surface area contributed by atoms with Crippen LogP contribution in [-0.4, -0.2) is 54.2 Å². The predicted molar refractivity (Wildman–Crippen MR) is 103 cm³/mol. The second-order valence-electron chi connectivity index (χ2n) is 7.25. The van der Waals surface area contributed by atoms with Crippen LogP contribution in [0.4, 0.5) is 18.0 Å².